The summed E-state index contributed by atoms with van der Waals surface area (Å²) in [7, 11) is 1.56. The summed E-state index contributed by atoms with van der Waals surface area (Å²) in [5.74, 6) is 1.24. The number of nitrogens with zero attached hydrogens (tertiary/aromatic N) is 2. The number of halogens is 1. The van der Waals surface area contributed by atoms with Crippen LogP contribution in [0.4, 0.5) is 11.5 Å². The van der Waals surface area contributed by atoms with Gasteiger partial charge in [0.2, 0.25) is 0 Å². The predicted octanol–water partition coefficient (Wildman–Crippen LogP) is 3.36. The van der Waals surface area contributed by atoms with Gasteiger partial charge >= 0.3 is 0 Å². The second kappa shape index (κ2) is 5.39. The lowest BCUT2D eigenvalue weighted by Crippen LogP contribution is -1.94. The predicted molar refractivity (Wildman–Crippen MR) is 70.2 cm³/mol. The van der Waals surface area contributed by atoms with Crippen LogP contribution in [0, 0.1) is 11.3 Å². The summed E-state index contributed by atoms with van der Waals surface area (Å²) in [5.41, 5.74) is 1.34. The highest BCUT2D eigenvalue weighted by molar-refractivity contribution is 6.32. The summed E-state index contributed by atoms with van der Waals surface area (Å²) >= 11 is 5.93. The molecule has 0 amide bonds. The molecule has 0 aliphatic rings. The number of hydrogen-bond acceptors (Lipinski definition) is 4. The number of benzene rings is 1. The third-order valence-corrected chi connectivity index (χ3v) is 2.63. The molecule has 5 heteroatoms. The Kier molecular flexibility index (Phi) is 3.66. The average molecular weight is 260 g/mol. The molecule has 0 unspecified atom stereocenters. The molecule has 2 rings (SSSR count). The van der Waals surface area contributed by atoms with Crippen molar-refractivity contribution in [2.24, 2.45) is 0 Å². The van der Waals surface area contributed by atoms with Crippen molar-refractivity contribution in [2.75, 3.05) is 12.4 Å². The molecular weight excluding hydrogens is 250 g/mol. The first-order chi connectivity index (χ1) is 8.72. The van der Waals surface area contributed by atoms with E-state index < -0.39 is 0 Å². The van der Waals surface area contributed by atoms with Crippen LogP contribution in [0.3, 0.4) is 0 Å². The Morgan fingerprint density at radius 2 is 2.17 bits per heavy atom. The van der Waals surface area contributed by atoms with Gasteiger partial charge in [-0.2, -0.15) is 5.26 Å². The second-order valence-electron chi connectivity index (χ2n) is 3.52. The van der Waals surface area contributed by atoms with Crippen molar-refractivity contribution in [3.05, 3.63) is 47.1 Å². The van der Waals surface area contributed by atoms with Gasteiger partial charge in [-0.3, -0.25) is 0 Å². The molecule has 4 nitrogen and oxygen atoms in total. The monoisotopic (exact) mass is 259 g/mol. The molecule has 2 aromatic rings. The highest BCUT2D eigenvalue weighted by atomic mass is 35.5. The molecule has 0 aliphatic carbocycles. The van der Waals surface area contributed by atoms with Crippen molar-refractivity contribution < 1.29 is 4.74 Å². The van der Waals surface area contributed by atoms with Crippen molar-refractivity contribution in [1.29, 1.82) is 5.26 Å². The maximum Gasteiger partial charge on any atom is 0.139 e. The number of aromatic nitrogens is 1. The summed E-state index contributed by atoms with van der Waals surface area (Å²) in [6.07, 6.45) is 1.51. The lowest BCUT2D eigenvalue weighted by molar-refractivity contribution is 0.415. The van der Waals surface area contributed by atoms with Crippen LogP contribution < -0.4 is 10.1 Å². The third kappa shape index (κ3) is 2.70. The maximum absolute atomic E-state index is 8.68. The van der Waals surface area contributed by atoms with Crippen LogP contribution in [-0.4, -0.2) is 12.1 Å². The van der Waals surface area contributed by atoms with Crippen LogP contribution in [0.2, 0.25) is 5.02 Å². The molecule has 0 saturated carbocycles. The molecule has 0 atom stereocenters. The minimum atomic E-state index is 0.522. The third-order valence-electron chi connectivity index (χ3n) is 2.32. The Labute approximate surface area is 110 Å². The Hall–Kier alpha value is -2.25. The van der Waals surface area contributed by atoms with Crippen LogP contribution in [-0.2, 0) is 0 Å². The summed E-state index contributed by atoms with van der Waals surface area (Å²) in [6, 6.07) is 10.8. The van der Waals surface area contributed by atoms with E-state index in [0.717, 1.165) is 5.69 Å². The molecular formula is C13H10ClN3O. The van der Waals surface area contributed by atoms with Crippen molar-refractivity contribution in [2.45, 2.75) is 0 Å². The largest absolute Gasteiger partial charge is 0.495 e. The van der Waals surface area contributed by atoms with E-state index in [4.69, 9.17) is 21.6 Å². The summed E-state index contributed by atoms with van der Waals surface area (Å²) in [4.78, 5) is 4.12. The van der Waals surface area contributed by atoms with Crippen LogP contribution in [0.15, 0.2) is 36.5 Å². The molecule has 0 radical (unpaired) electrons. The minimum Gasteiger partial charge on any atom is -0.495 e. The van der Waals surface area contributed by atoms with Crippen LogP contribution in [0.5, 0.6) is 5.75 Å². The number of pyridine rings is 1. The zero-order chi connectivity index (χ0) is 13.0. The number of rotatable bonds is 3. The van der Waals surface area contributed by atoms with E-state index in [0.29, 0.717) is 22.2 Å². The lowest BCUT2D eigenvalue weighted by atomic mass is 10.3. The zero-order valence-corrected chi connectivity index (χ0v) is 10.4. The van der Waals surface area contributed by atoms with Crippen molar-refractivity contribution in [1.82, 2.24) is 4.98 Å². The minimum absolute atomic E-state index is 0.522. The number of ether oxygens (including phenoxy) is 1. The van der Waals surface area contributed by atoms with Crippen molar-refractivity contribution in [3.8, 4) is 11.8 Å². The lowest BCUT2D eigenvalue weighted by Gasteiger charge is -2.08. The highest BCUT2D eigenvalue weighted by Crippen LogP contribution is 2.28. The highest BCUT2D eigenvalue weighted by Gasteiger charge is 2.02. The first-order valence-corrected chi connectivity index (χ1v) is 5.57. The van der Waals surface area contributed by atoms with E-state index >= 15 is 0 Å². The van der Waals surface area contributed by atoms with E-state index in [2.05, 4.69) is 10.3 Å². The Morgan fingerprint density at radius 1 is 1.33 bits per heavy atom. The summed E-state index contributed by atoms with van der Waals surface area (Å²) < 4.78 is 5.12. The van der Waals surface area contributed by atoms with Crippen molar-refractivity contribution >= 4 is 23.1 Å². The Morgan fingerprint density at radius 3 is 2.78 bits per heavy atom. The van der Waals surface area contributed by atoms with E-state index in [1.807, 2.05) is 12.1 Å². The molecule has 1 N–H and O–H groups in total. The normalized spacial score (nSPS) is 9.61. The van der Waals surface area contributed by atoms with Gasteiger partial charge in [-0.25, -0.2) is 4.98 Å². The van der Waals surface area contributed by atoms with Gasteiger partial charge in [0.25, 0.3) is 0 Å². The molecule has 18 heavy (non-hydrogen) atoms. The standard InChI is InChI=1S/C13H10ClN3O/c1-18-12-6-10(3-4-11(12)14)17-13-5-2-9(7-15)8-16-13/h2-6,8H,1H3,(H,16,17). The number of hydrogen-bond donors (Lipinski definition) is 1. The van der Waals surface area contributed by atoms with Crippen molar-refractivity contribution in [3.63, 3.8) is 0 Å². The number of anilines is 2. The molecule has 0 bridgehead atoms. The van der Waals surface area contributed by atoms with Gasteiger partial charge in [0.15, 0.2) is 0 Å². The van der Waals surface area contributed by atoms with Gasteiger partial charge in [-0.1, -0.05) is 11.6 Å². The zero-order valence-electron chi connectivity index (χ0n) is 9.64. The van der Waals surface area contributed by atoms with Crippen LogP contribution in [0.25, 0.3) is 0 Å². The van der Waals surface area contributed by atoms with E-state index in [1.165, 1.54) is 6.20 Å². The topological polar surface area (TPSA) is 57.9 Å². The average Bonchev–Trinajstić information content (AvgIpc) is 2.42. The van der Waals surface area contributed by atoms with Gasteiger partial charge in [-0.05, 0) is 24.3 Å². The molecule has 1 heterocycles. The second-order valence-corrected chi connectivity index (χ2v) is 3.93. The van der Waals surface area contributed by atoms with E-state index in [1.54, 1.807) is 31.4 Å². The SMILES string of the molecule is COc1cc(Nc2ccc(C#N)cn2)ccc1Cl. The molecule has 0 spiro atoms. The molecule has 1 aromatic heterocycles. The fourth-order valence-electron chi connectivity index (χ4n) is 1.42. The Bertz CT molecular complexity index is 590. The van der Waals surface area contributed by atoms with E-state index in [-0.39, 0.29) is 0 Å². The number of nitrogens with one attached hydrogen (secondary N) is 1. The number of nitriles is 1. The first-order valence-electron chi connectivity index (χ1n) is 5.19. The van der Waals surface area contributed by atoms with Crippen LogP contribution in [0.1, 0.15) is 5.56 Å². The number of methoxy groups -OCH3 is 1. The summed E-state index contributed by atoms with van der Waals surface area (Å²) in [5, 5.41) is 12.3. The van der Waals surface area contributed by atoms with Gasteiger partial charge < -0.3 is 10.1 Å². The Balaban J connectivity index is 2.20. The molecule has 1 aromatic carbocycles. The molecule has 90 valence electrons. The molecule has 0 saturated heterocycles. The van der Waals surface area contributed by atoms with Gasteiger partial charge in [-0.15, -0.1) is 0 Å². The smallest absolute Gasteiger partial charge is 0.139 e. The van der Waals surface area contributed by atoms with Gasteiger partial charge in [0.05, 0.1) is 17.7 Å². The quantitative estimate of drug-likeness (QED) is 0.918. The maximum atomic E-state index is 8.68. The van der Waals surface area contributed by atoms with E-state index in [9.17, 15) is 0 Å². The molecule has 0 fully saturated rings. The fraction of sp³-hybridized carbons (Fsp3) is 0.0769. The fourth-order valence-corrected chi connectivity index (χ4v) is 1.61. The summed E-state index contributed by atoms with van der Waals surface area (Å²) in [6.45, 7) is 0. The molecule has 0 aliphatic heterocycles. The van der Waals surface area contributed by atoms with Gasteiger partial charge in [0.1, 0.15) is 17.6 Å². The van der Waals surface area contributed by atoms with Crippen LogP contribution >= 0.6 is 11.6 Å². The first kappa shape index (κ1) is 12.2. The van der Waals surface area contributed by atoms with Gasteiger partial charge in [0, 0.05) is 18.0 Å².